The summed E-state index contributed by atoms with van der Waals surface area (Å²) in [6.45, 7) is 12.0. The molecule has 0 aliphatic heterocycles. The van der Waals surface area contributed by atoms with E-state index >= 15 is 0 Å². The zero-order chi connectivity index (χ0) is 11.5. The fourth-order valence-corrected chi connectivity index (χ4v) is 1.46. The highest BCUT2D eigenvalue weighted by molar-refractivity contribution is 5.15. The van der Waals surface area contributed by atoms with Crippen LogP contribution >= 0.6 is 0 Å². The molecule has 0 N–H and O–H groups in total. The maximum atomic E-state index is 3.80. The average molecular weight is 207 g/mol. The largest absolute Gasteiger partial charge is 0.306 e. The molecule has 0 radical (unpaired) electrons. The van der Waals surface area contributed by atoms with Gasteiger partial charge in [-0.15, -0.1) is 6.58 Å². The lowest BCUT2D eigenvalue weighted by atomic mass is 10.1. The lowest BCUT2D eigenvalue weighted by Gasteiger charge is -2.14. The van der Waals surface area contributed by atoms with Crippen LogP contribution in [0, 0.1) is 0 Å². The highest BCUT2D eigenvalue weighted by Crippen LogP contribution is 2.03. The monoisotopic (exact) mass is 207 g/mol. The minimum Gasteiger partial charge on any atom is -0.306 e. The van der Waals surface area contributed by atoms with Gasteiger partial charge in [-0.2, -0.15) is 0 Å². The smallest absolute Gasteiger partial charge is 0.00131 e. The third kappa shape index (κ3) is 8.19. The first-order valence-electron chi connectivity index (χ1n) is 5.85. The summed E-state index contributed by atoms with van der Waals surface area (Å²) in [4.78, 5) is 2.37. The number of unbranched alkanes of at least 4 members (excludes halogenated alkanes) is 1. The quantitative estimate of drug-likeness (QED) is 0.316. The number of allylic oxidation sites excluding steroid dienone is 3. The summed E-state index contributed by atoms with van der Waals surface area (Å²) in [5, 5.41) is 0. The van der Waals surface area contributed by atoms with Gasteiger partial charge in [0.1, 0.15) is 0 Å². The van der Waals surface area contributed by atoms with Gasteiger partial charge in [-0.3, -0.25) is 0 Å². The molecular weight excluding hydrogens is 182 g/mol. The van der Waals surface area contributed by atoms with Crippen molar-refractivity contribution in [2.75, 3.05) is 20.1 Å². The maximum Gasteiger partial charge on any atom is 0.00131 e. The molecular formula is C14H25N. The van der Waals surface area contributed by atoms with Crippen LogP contribution in [0.1, 0.15) is 32.6 Å². The van der Waals surface area contributed by atoms with Gasteiger partial charge in [0.15, 0.2) is 0 Å². The van der Waals surface area contributed by atoms with E-state index in [-0.39, 0.29) is 0 Å². The van der Waals surface area contributed by atoms with Crippen molar-refractivity contribution in [3.63, 3.8) is 0 Å². The Hall–Kier alpha value is -0.820. The van der Waals surface area contributed by atoms with Crippen LogP contribution in [0.25, 0.3) is 0 Å². The summed E-state index contributed by atoms with van der Waals surface area (Å²) in [6.07, 6.45) is 10.8. The Balaban J connectivity index is 3.61. The molecule has 0 saturated carbocycles. The second kappa shape index (κ2) is 9.72. The zero-order valence-electron chi connectivity index (χ0n) is 10.3. The van der Waals surface area contributed by atoms with E-state index in [1.165, 1.54) is 12.0 Å². The number of rotatable bonds is 9. The normalized spacial score (nSPS) is 11.8. The van der Waals surface area contributed by atoms with Gasteiger partial charge in [-0.05, 0) is 39.3 Å². The predicted octanol–water partition coefficient (Wildman–Crippen LogP) is 3.80. The Kier molecular flexibility index (Phi) is 9.19. The Morgan fingerprint density at radius 3 is 2.47 bits per heavy atom. The predicted molar refractivity (Wildman–Crippen MR) is 70.1 cm³/mol. The Morgan fingerprint density at radius 2 is 1.93 bits per heavy atom. The third-order valence-electron chi connectivity index (χ3n) is 2.54. The van der Waals surface area contributed by atoms with Crippen molar-refractivity contribution >= 4 is 0 Å². The molecule has 0 spiro atoms. The molecule has 1 heteroatoms. The minimum absolute atomic E-state index is 1.09. The summed E-state index contributed by atoms with van der Waals surface area (Å²) < 4.78 is 0. The maximum absolute atomic E-state index is 3.80. The highest BCUT2D eigenvalue weighted by atomic mass is 15.1. The van der Waals surface area contributed by atoms with Gasteiger partial charge in [-0.1, -0.05) is 37.3 Å². The summed E-state index contributed by atoms with van der Waals surface area (Å²) in [5.74, 6) is 0. The van der Waals surface area contributed by atoms with Gasteiger partial charge in [-0.25, -0.2) is 0 Å². The van der Waals surface area contributed by atoms with Crippen LogP contribution in [0.3, 0.4) is 0 Å². The molecule has 0 aromatic rings. The summed E-state index contributed by atoms with van der Waals surface area (Å²) in [6, 6.07) is 0. The molecule has 0 atom stereocenters. The van der Waals surface area contributed by atoms with Gasteiger partial charge in [0.05, 0.1) is 0 Å². The van der Waals surface area contributed by atoms with E-state index in [0.717, 1.165) is 32.4 Å². The van der Waals surface area contributed by atoms with Crippen molar-refractivity contribution in [3.8, 4) is 0 Å². The molecule has 0 heterocycles. The minimum atomic E-state index is 1.09. The molecule has 15 heavy (non-hydrogen) atoms. The molecule has 0 aromatic carbocycles. The second-order valence-corrected chi connectivity index (χ2v) is 3.86. The Bertz CT molecular complexity index is 203. The molecule has 0 bridgehead atoms. The standard InChI is InChI=1S/C14H25N/c1-5-8-9-12-15(4)13-10-11-14(6-2)7-3/h5-6,11H,1-2,7-10,12-13H2,3-4H3/b14-11+. The fourth-order valence-electron chi connectivity index (χ4n) is 1.46. The van der Waals surface area contributed by atoms with Crippen LogP contribution in [0.2, 0.25) is 0 Å². The lowest BCUT2D eigenvalue weighted by Crippen LogP contribution is -2.20. The summed E-state index contributed by atoms with van der Waals surface area (Å²) in [7, 11) is 2.18. The van der Waals surface area contributed by atoms with E-state index in [1.807, 2.05) is 12.2 Å². The molecule has 0 unspecified atom stereocenters. The van der Waals surface area contributed by atoms with Crippen molar-refractivity contribution < 1.29 is 0 Å². The zero-order valence-corrected chi connectivity index (χ0v) is 10.3. The van der Waals surface area contributed by atoms with Crippen LogP contribution in [0.5, 0.6) is 0 Å². The highest BCUT2D eigenvalue weighted by Gasteiger charge is 1.95. The van der Waals surface area contributed by atoms with Gasteiger partial charge in [0, 0.05) is 6.54 Å². The number of nitrogens with zero attached hydrogens (tertiary/aromatic N) is 1. The van der Waals surface area contributed by atoms with Crippen molar-refractivity contribution in [3.05, 3.63) is 37.0 Å². The van der Waals surface area contributed by atoms with Crippen molar-refractivity contribution in [2.45, 2.75) is 32.6 Å². The molecule has 0 amide bonds. The topological polar surface area (TPSA) is 3.24 Å². The average Bonchev–Trinajstić information content (AvgIpc) is 2.25. The summed E-state index contributed by atoms with van der Waals surface area (Å²) >= 11 is 0. The Morgan fingerprint density at radius 1 is 1.20 bits per heavy atom. The van der Waals surface area contributed by atoms with Gasteiger partial charge < -0.3 is 4.90 Å². The van der Waals surface area contributed by atoms with Gasteiger partial charge in [0.25, 0.3) is 0 Å². The van der Waals surface area contributed by atoms with Crippen LogP contribution < -0.4 is 0 Å². The summed E-state index contributed by atoms with van der Waals surface area (Å²) in [5.41, 5.74) is 1.36. The second-order valence-electron chi connectivity index (χ2n) is 3.86. The molecule has 0 aromatic heterocycles. The first-order valence-corrected chi connectivity index (χ1v) is 5.85. The van der Waals surface area contributed by atoms with Gasteiger partial charge >= 0.3 is 0 Å². The molecule has 86 valence electrons. The molecule has 1 nitrogen and oxygen atoms in total. The first-order chi connectivity index (χ1) is 7.24. The van der Waals surface area contributed by atoms with E-state index in [9.17, 15) is 0 Å². The Labute approximate surface area is 95.2 Å². The lowest BCUT2D eigenvalue weighted by molar-refractivity contribution is 0.337. The molecule has 0 aliphatic rings. The van der Waals surface area contributed by atoms with Gasteiger partial charge in [0.2, 0.25) is 0 Å². The van der Waals surface area contributed by atoms with Crippen molar-refractivity contribution in [1.29, 1.82) is 0 Å². The van der Waals surface area contributed by atoms with Crippen LogP contribution in [-0.2, 0) is 0 Å². The van der Waals surface area contributed by atoms with E-state index in [4.69, 9.17) is 0 Å². The fraction of sp³-hybridized carbons (Fsp3) is 0.571. The third-order valence-corrected chi connectivity index (χ3v) is 2.54. The van der Waals surface area contributed by atoms with E-state index in [1.54, 1.807) is 0 Å². The molecule has 0 saturated heterocycles. The van der Waals surface area contributed by atoms with Crippen LogP contribution in [0.15, 0.2) is 37.0 Å². The number of hydrogen-bond acceptors (Lipinski definition) is 1. The SMILES string of the molecule is C=CCCCN(C)CC/C=C(\C=C)CC. The van der Waals surface area contributed by atoms with E-state index < -0.39 is 0 Å². The van der Waals surface area contributed by atoms with Crippen LogP contribution in [-0.4, -0.2) is 25.0 Å². The van der Waals surface area contributed by atoms with Crippen LogP contribution in [0.4, 0.5) is 0 Å². The van der Waals surface area contributed by atoms with Crippen molar-refractivity contribution in [1.82, 2.24) is 4.90 Å². The molecule has 0 fully saturated rings. The van der Waals surface area contributed by atoms with E-state index in [2.05, 4.69) is 38.1 Å². The van der Waals surface area contributed by atoms with E-state index in [0.29, 0.717) is 0 Å². The number of hydrogen-bond donors (Lipinski definition) is 0. The van der Waals surface area contributed by atoms with Crippen molar-refractivity contribution in [2.24, 2.45) is 0 Å². The molecule has 0 rings (SSSR count). The first kappa shape index (κ1) is 14.2. The molecule has 0 aliphatic carbocycles.